The predicted molar refractivity (Wildman–Crippen MR) is 191 cm³/mol. The van der Waals surface area contributed by atoms with Crippen molar-refractivity contribution in [2.75, 3.05) is 0 Å². The van der Waals surface area contributed by atoms with Crippen LogP contribution >= 0.6 is 0 Å². The Kier molecular flexibility index (Phi) is 6.96. The van der Waals surface area contributed by atoms with Gasteiger partial charge in [-0.2, -0.15) is 0 Å². The fourth-order valence-corrected chi connectivity index (χ4v) is 6.96. The molecule has 0 aliphatic heterocycles. The molecule has 0 spiro atoms. The summed E-state index contributed by atoms with van der Waals surface area (Å²) in [5.74, 6) is -0.960. The molecule has 0 aliphatic carbocycles. The first kappa shape index (κ1) is 28.5. The Balaban J connectivity index is 1.73. The summed E-state index contributed by atoms with van der Waals surface area (Å²) in [6, 6.07) is 44.6. The number of hydrogen-bond donors (Lipinski definition) is 0. The van der Waals surface area contributed by atoms with Crippen molar-refractivity contribution in [1.29, 1.82) is 0 Å². The summed E-state index contributed by atoms with van der Waals surface area (Å²) in [7, 11) is 0. The minimum Gasteiger partial charge on any atom is -0.207 e. The molecule has 0 nitrogen and oxygen atoms in total. The lowest BCUT2D eigenvalue weighted by molar-refractivity contribution is 0.627. The molecule has 8 aromatic carbocycles. The monoisotopic (exact) mass is 612 g/mol. The van der Waals surface area contributed by atoms with Gasteiger partial charge in [-0.25, -0.2) is 13.2 Å². The average Bonchev–Trinajstić information content (AvgIpc) is 3.11. The smallest absolute Gasteiger partial charge is 0.123 e. The molecule has 8 rings (SSSR count). The van der Waals surface area contributed by atoms with Crippen LogP contribution in [0, 0.1) is 17.5 Å². The Labute approximate surface area is 270 Å². The lowest BCUT2D eigenvalue weighted by Gasteiger charge is -2.25. The summed E-state index contributed by atoms with van der Waals surface area (Å²) in [5, 5.41) is 5.89. The number of halogens is 3. The summed E-state index contributed by atoms with van der Waals surface area (Å²) in [4.78, 5) is 0. The lowest BCUT2D eigenvalue weighted by Crippen LogP contribution is -1.98. The zero-order chi connectivity index (χ0) is 32.1. The van der Waals surface area contributed by atoms with Crippen LogP contribution in [0.3, 0.4) is 0 Å². The maximum atomic E-state index is 14.4. The van der Waals surface area contributed by atoms with E-state index in [4.69, 9.17) is 0 Å². The summed E-state index contributed by atoms with van der Waals surface area (Å²) in [5.41, 5.74) is 8.43. The lowest BCUT2D eigenvalue weighted by atomic mass is 9.77. The maximum absolute atomic E-state index is 14.4. The Morgan fingerprint density at radius 3 is 0.851 bits per heavy atom. The third kappa shape index (κ3) is 4.79. The molecule has 0 fully saturated rings. The van der Waals surface area contributed by atoms with Gasteiger partial charge in [0.2, 0.25) is 0 Å². The molecule has 0 radical (unpaired) electrons. The first-order valence-corrected chi connectivity index (χ1v) is 15.5. The highest BCUT2D eigenvalue weighted by molar-refractivity contribution is 6.33. The molecule has 0 saturated carbocycles. The van der Waals surface area contributed by atoms with Crippen LogP contribution in [-0.2, 0) is 0 Å². The van der Waals surface area contributed by atoms with E-state index in [2.05, 4.69) is 55.1 Å². The standard InChI is InChI=1S/C44H27F3/c1-2-27-11-13-28(14-12-27)39-35-7-3-4-8-36(35)41(30-17-23-33(46)24-18-30)44-42(31-19-25-34(47)26-20-31)38-10-6-5-9-37(38)40(43(39)44)29-15-21-32(45)22-16-29/h2-26H,1H2. The van der Waals surface area contributed by atoms with Crippen molar-refractivity contribution in [1.82, 2.24) is 0 Å². The van der Waals surface area contributed by atoms with Crippen LogP contribution in [0.15, 0.2) is 152 Å². The van der Waals surface area contributed by atoms with Gasteiger partial charge in [0.15, 0.2) is 0 Å². The summed E-state index contributed by atoms with van der Waals surface area (Å²) in [6.45, 7) is 3.95. The summed E-state index contributed by atoms with van der Waals surface area (Å²) >= 11 is 0. The van der Waals surface area contributed by atoms with Gasteiger partial charge in [-0.3, -0.25) is 0 Å². The topological polar surface area (TPSA) is 0 Å². The highest BCUT2D eigenvalue weighted by atomic mass is 19.1. The van der Waals surface area contributed by atoms with Crippen molar-refractivity contribution in [3.05, 3.63) is 175 Å². The van der Waals surface area contributed by atoms with Gasteiger partial charge in [-0.05, 0) is 119 Å². The Hall–Kier alpha value is -5.93. The second-order valence-corrected chi connectivity index (χ2v) is 11.7. The van der Waals surface area contributed by atoms with Crippen LogP contribution in [-0.4, -0.2) is 0 Å². The second-order valence-electron chi connectivity index (χ2n) is 11.7. The number of rotatable bonds is 5. The van der Waals surface area contributed by atoms with Crippen molar-refractivity contribution < 1.29 is 13.2 Å². The van der Waals surface area contributed by atoms with E-state index in [9.17, 15) is 13.2 Å². The van der Waals surface area contributed by atoms with E-state index in [0.29, 0.717) is 0 Å². The largest absolute Gasteiger partial charge is 0.207 e. The molecule has 0 heterocycles. The number of hydrogen-bond acceptors (Lipinski definition) is 0. The van der Waals surface area contributed by atoms with Crippen LogP contribution in [0.25, 0.3) is 82.9 Å². The molecule has 224 valence electrons. The first-order valence-electron chi connectivity index (χ1n) is 15.5. The third-order valence-corrected chi connectivity index (χ3v) is 9.02. The predicted octanol–water partition coefficient (Wildman–Crippen LogP) is 12.9. The van der Waals surface area contributed by atoms with Gasteiger partial charge in [-0.1, -0.05) is 122 Å². The maximum Gasteiger partial charge on any atom is 0.123 e. The van der Waals surface area contributed by atoms with Gasteiger partial charge >= 0.3 is 0 Å². The van der Waals surface area contributed by atoms with Crippen molar-refractivity contribution >= 4 is 38.4 Å². The summed E-state index contributed by atoms with van der Waals surface area (Å²) < 4.78 is 43.2. The van der Waals surface area contributed by atoms with E-state index >= 15 is 0 Å². The highest BCUT2D eigenvalue weighted by Crippen LogP contribution is 2.53. The molecule has 0 aliphatic rings. The fraction of sp³-hybridized carbons (Fsp3) is 0. The van der Waals surface area contributed by atoms with Crippen LogP contribution in [0.5, 0.6) is 0 Å². The van der Waals surface area contributed by atoms with Crippen molar-refractivity contribution in [3.63, 3.8) is 0 Å². The van der Waals surface area contributed by atoms with Crippen LogP contribution in [0.1, 0.15) is 5.56 Å². The molecule has 0 atom stereocenters. The van der Waals surface area contributed by atoms with Crippen LogP contribution in [0.4, 0.5) is 13.2 Å². The molecule has 0 aromatic heterocycles. The van der Waals surface area contributed by atoms with Crippen molar-refractivity contribution in [2.45, 2.75) is 0 Å². The molecule has 47 heavy (non-hydrogen) atoms. The van der Waals surface area contributed by atoms with Crippen molar-refractivity contribution in [2.24, 2.45) is 0 Å². The molecule has 8 aromatic rings. The van der Waals surface area contributed by atoms with Gasteiger partial charge in [-0.15, -0.1) is 0 Å². The van der Waals surface area contributed by atoms with Gasteiger partial charge in [0.05, 0.1) is 0 Å². The average molecular weight is 613 g/mol. The second kappa shape index (κ2) is 11.5. The minimum atomic E-state index is -0.322. The Morgan fingerprint density at radius 1 is 0.340 bits per heavy atom. The third-order valence-electron chi connectivity index (χ3n) is 9.02. The first-order chi connectivity index (χ1) is 23.0. The van der Waals surface area contributed by atoms with Gasteiger partial charge in [0.1, 0.15) is 17.5 Å². The molecule has 3 heteroatoms. The van der Waals surface area contributed by atoms with E-state index in [1.54, 1.807) is 0 Å². The van der Waals surface area contributed by atoms with Crippen LogP contribution in [0.2, 0.25) is 0 Å². The normalized spacial score (nSPS) is 11.4. The van der Waals surface area contributed by atoms with E-state index in [1.165, 1.54) is 36.4 Å². The summed E-state index contributed by atoms with van der Waals surface area (Å²) in [6.07, 6.45) is 1.82. The highest BCUT2D eigenvalue weighted by Gasteiger charge is 2.26. The quantitative estimate of drug-likeness (QED) is 0.170. The molecular weight excluding hydrogens is 585 g/mol. The molecule has 0 unspecified atom stereocenters. The molecule has 0 N–H and O–H groups in total. The van der Waals surface area contributed by atoms with E-state index in [1.807, 2.05) is 66.7 Å². The fourth-order valence-electron chi connectivity index (χ4n) is 6.96. The van der Waals surface area contributed by atoms with Gasteiger partial charge in [0.25, 0.3) is 0 Å². The van der Waals surface area contributed by atoms with E-state index in [-0.39, 0.29) is 17.5 Å². The van der Waals surface area contributed by atoms with Gasteiger partial charge in [0, 0.05) is 0 Å². The zero-order valence-electron chi connectivity index (χ0n) is 25.3. The Morgan fingerprint density at radius 2 is 0.596 bits per heavy atom. The van der Waals surface area contributed by atoms with Crippen molar-refractivity contribution in [3.8, 4) is 44.5 Å². The zero-order valence-corrected chi connectivity index (χ0v) is 25.3. The minimum absolute atomic E-state index is 0.317. The van der Waals surface area contributed by atoms with E-state index in [0.717, 1.165) is 82.4 Å². The van der Waals surface area contributed by atoms with E-state index < -0.39 is 0 Å². The van der Waals surface area contributed by atoms with Gasteiger partial charge < -0.3 is 0 Å². The molecule has 0 saturated heterocycles. The number of benzene rings is 8. The SMILES string of the molecule is C=Cc1ccc(-c2c3ccccc3c(-c3ccc(F)cc3)c3c(-c4ccc(F)cc4)c4ccccc4c(-c4ccc(F)cc4)c23)cc1. The molecule has 0 amide bonds. The number of fused-ring (bicyclic) bond motifs is 3. The van der Waals surface area contributed by atoms with Crippen LogP contribution < -0.4 is 0 Å². The Bertz CT molecular complexity index is 2400. The molecule has 0 bridgehead atoms. The molecular formula is C44H27F3.